The lowest BCUT2D eigenvalue weighted by Gasteiger charge is -2.37. The molecule has 0 radical (unpaired) electrons. The Morgan fingerprint density at radius 1 is 1.27 bits per heavy atom. The number of likely N-dealkylation sites (tertiary alicyclic amines) is 1. The Labute approximate surface area is 70.8 Å². The van der Waals surface area contributed by atoms with Crippen LogP contribution in [0.1, 0.15) is 33.6 Å². The van der Waals surface area contributed by atoms with Gasteiger partial charge in [-0.15, -0.1) is 0 Å². The maximum atomic E-state index is 2.49. The summed E-state index contributed by atoms with van der Waals surface area (Å²) in [7, 11) is 2.25. The molecule has 0 saturated carbocycles. The van der Waals surface area contributed by atoms with Crippen LogP contribution >= 0.6 is 0 Å². The Morgan fingerprint density at radius 3 is 2.36 bits per heavy atom. The molecule has 0 aromatic heterocycles. The van der Waals surface area contributed by atoms with Gasteiger partial charge in [0, 0.05) is 12.6 Å². The van der Waals surface area contributed by atoms with Gasteiger partial charge in [-0.3, -0.25) is 0 Å². The largest absolute Gasteiger partial charge is 0.303 e. The van der Waals surface area contributed by atoms with E-state index >= 15 is 0 Å². The average Bonchev–Trinajstić information content (AvgIpc) is 1.94. The number of nitrogens with zero attached hydrogens (tertiary/aromatic N) is 1. The second kappa shape index (κ2) is 3.57. The molecule has 11 heavy (non-hydrogen) atoms. The fourth-order valence-corrected chi connectivity index (χ4v) is 1.86. The first-order chi connectivity index (χ1) is 5.11. The van der Waals surface area contributed by atoms with Crippen molar-refractivity contribution in [3.63, 3.8) is 0 Å². The van der Waals surface area contributed by atoms with Crippen molar-refractivity contribution in [2.45, 2.75) is 39.7 Å². The molecule has 1 aliphatic rings. The molecule has 1 rings (SSSR count). The van der Waals surface area contributed by atoms with Crippen LogP contribution < -0.4 is 0 Å². The minimum Gasteiger partial charge on any atom is -0.303 e. The summed E-state index contributed by atoms with van der Waals surface area (Å²) in [5, 5.41) is 0. The Bertz CT molecular complexity index is 120. The van der Waals surface area contributed by atoms with Gasteiger partial charge in [0.2, 0.25) is 0 Å². The van der Waals surface area contributed by atoms with Gasteiger partial charge in [0.15, 0.2) is 0 Å². The molecule has 0 aromatic rings. The molecule has 0 N–H and O–H groups in total. The van der Waals surface area contributed by atoms with E-state index in [-0.39, 0.29) is 0 Å². The molecule has 1 nitrogen and oxygen atoms in total. The van der Waals surface area contributed by atoms with Crippen molar-refractivity contribution in [1.29, 1.82) is 0 Å². The van der Waals surface area contributed by atoms with Crippen LogP contribution in [0.25, 0.3) is 0 Å². The van der Waals surface area contributed by atoms with Crippen LogP contribution in [0.4, 0.5) is 0 Å². The van der Waals surface area contributed by atoms with Crippen molar-refractivity contribution in [3.8, 4) is 0 Å². The van der Waals surface area contributed by atoms with Gasteiger partial charge in [-0.2, -0.15) is 0 Å². The molecular weight excluding hydrogens is 134 g/mol. The summed E-state index contributed by atoms with van der Waals surface area (Å²) >= 11 is 0. The number of piperidine rings is 1. The highest BCUT2D eigenvalue weighted by atomic mass is 15.1. The van der Waals surface area contributed by atoms with Crippen molar-refractivity contribution in [2.75, 3.05) is 13.6 Å². The summed E-state index contributed by atoms with van der Waals surface area (Å²) in [5.41, 5.74) is 0. The van der Waals surface area contributed by atoms with Crippen LogP contribution in [0, 0.1) is 11.8 Å². The van der Waals surface area contributed by atoms with Crippen molar-refractivity contribution in [3.05, 3.63) is 0 Å². The highest BCUT2D eigenvalue weighted by Crippen LogP contribution is 2.25. The SMILES string of the molecule is CC(C)C1CCC(C)N(C)C1. The lowest BCUT2D eigenvalue weighted by Crippen LogP contribution is -2.40. The van der Waals surface area contributed by atoms with Gasteiger partial charge in [0.25, 0.3) is 0 Å². The van der Waals surface area contributed by atoms with E-state index in [1.165, 1.54) is 19.4 Å². The average molecular weight is 155 g/mol. The van der Waals surface area contributed by atoms with E-state index in [0.29, 0.717) is 0 Å². The minimum absolute atomic E-state index is 0.810. The molecule has 2 unspecified atom stereocenters. The van der Waals surface area contributed by atoms with Gasteiger partial charge >= 0.3 is 0 Å². The molecule has 2 atom stereocenters. The third-order valence-corrected chi connectivity index (χ3v) is 3.17. The zero-order chi connectivity index (χ0) is 8.43. The van der Waals surface area contributed by atoms with Crippen molar-refractivity contribution < 1.29 is 0 Å². The third kappa shape index (κ3) is 2.19. The minimum atomic E-state index is 0.810. The first kappa shape index (κ1) is 9.05. The van der Waals surface area contributed by atoms with Crippen LogP contribution in [-0.4, -0.2) is 24.5 Å². The van der Waals surface area contributed by atoms with E-state index < -0.39 is 0 Å². The number of hydrogen-bond donors (Lipinski definition) is 0. The standard InChI is InChI=1S/C10H21N/c1-8(2)10-6-5-9(3)11(4)7-10/h8-10H,5-7H2,1-4H3. The molecule has 0 spiro atoms. The molecule has 1 saturated heterocycles. The summed E-state index contributed by atoms with van der Waals surface area (Å²) in [6, 6.07) is 0.810. The van der Waals surface area contributed by atoms with Gasteiger partial charge in [0.05, 0.1) is 0 Å². The summed E-state index contributed by atoms with van der Waals surface area (Å²) in [6.07, 6.45) is 2.82. The molecule has 1 fully saturated rings. The lowest BCUT2D eigenvalue weighted by atomic mass is 9.86. The first-order valence-corrected chi connectivity index (χ1v) is 4.81. The molecule has 0 amide bonds. The second-order valence-electron chi connectivity index (χ2n) is 4.37. The van der Waals surface area contributed by atoms with Gasteiger partial charge < -0.3 is 4.90 Å². The van der Waals surface area contributed by atoms with Gasteiger partial charge in [-0.05, 0) is 38.6 Å². The Balaban J connectivity index is 2.40. The molecule has 1 heteroatoms. The summed E-state index contributed by atoms with van der Waals surface area (Å²) in [4.78, 5) is 2.49. The number of rotatable bonds is 1. The van der Waals surface area contributed by atoms with Gasteiger partial charge in [0.1, 0.15) is 0 Å². The Hall–Kier alpha value is -0.0400. The zero-order valence-electron chi connectivity index (χ0n) is 8.30. The van der Waals surface area contributed by atoms with Crippen LogP contribution in [0.3, 0.4) is 0 Å². The lowest BCUT2D eigenvalue weighted by molar-refractivity contribution is 0.123. The maximum absolute atomic E-state index is 2.49. The highest BCUT2D eigenvalue weighted by molar-refractivity contribution is 4.77. The van der Waals surface area contributed by atoms with Crippen LogP contribution in [-0.2, 0) is 0 Å². The third-order valence-electron chi connectivity index (χ3n) is 3.17. The van der Waals surface area contributed by atoms with E-state index in [4.69, 9.17) is 0 Å². The normalized spacial score (nSPS) is 34.6. The molecule has 0 bridgehead atoms. The monoisotopic (exact) mass is 155 g/mol. The van der Waals surface area contributed by atoms with E-state index in [1.807, 2.05) is 0 Å². The Kier molecular flexibility index (Phi) is 2.94. The van der Waals surface area contributed by atoms with E-state index in [2.05, 4.69) is 32.7 Å². The smallest absolute Gasteiger partial charge is 0.00641 e. The fraction of sp³-hybridized carbons (Fsp3) is 1.00. The topological polar surface area (TPSA) is 3.24 Å². The van der Waals surface area contributed by atoms with Crippen LogP contribution in [0.5, 0.6) is 0 Å². The first-order valence-electron chi connectivity index (χ1n) is 4.81. The predicted octanol–water partition coefficient (Wildman–Crippen LogP) is 2.37. The molecular formula is C10H21N. The van der Waals surface area contributed by atoms with Gasteiger partial charge in [-0.1, -0.05) is 13.8 Å². The second-order valence-corrected chi connectivity index (χ2v) is 4.37. The van der Waals surface area contributed by atoms with E-state index in [1.54, 1.807) is 0 Å². The zero-order valence-corrected chi connectivity index (χ0v) is 8.30. The van der Waals surface area contributed by atoms with Crippen molar-refractivity contribution in [2.24, 2.45) is 11.8 Å². The molecule has 66 valence electrons. The fourth-order valence-electron chi connectivity index (χ4n) is 1.86. The summed E-state index contributed by atoms with van der Waals surface area (Å²) in [6.45, 7) is 8.32. The Morgan fingerprint density at radius 2 is 1.91 bits per heavy atom. The van der Waals surface area contributed by atoms with Gasteiger partial charge in [-0.25, -0.2) is 0 Å². The molecule has 1 aliphatic heterocycles. The maximum Gasteiger partial charge on any atom is 0.00641 e. The van der Waals surface area contributed by atoms with E-state index in [9.17, 15) is 0 Å². The molecule has 0 aliphatic carbocycles. The van der Waals surface area contributed by atoms with Crippen LogP contribution in [0.15, 0.2) is 0 Å². The molecule has 0 aromatic carbocycles. The predicted molar refractivity (Wildman–Crippen MR) is 49.7 cm³/mol. The van der Waals surface area contributed by atoms with Crippen LogP contribution in [0.2, 0.25) is 0 Å². The highest BCUT2D eigenvalue weighted by Gasteiger charge is 2.24. The quantitative estimate of drug-likeness (QED) is 0.562. The number of hydrogen-bond acceptors (Lipinski definition) is 1. The molecule has 1 heterocycles. The van der Waals surface area contributed by atoms with E-state index in [0.717, 1.165) is 17.9 Å². The summed E-state index contributed by atoms with van der Waals surface area (Å²) in [5.74, 6) is 1.81. The van der Waals surface area contributed by atoms with Crippen molar-refractivity contribution >= 4 is 0 Å². The van der Waals surface area contributed by atoms with Crippen molar-refractivity contribution in [1.82, 2.24) is 4.90 Å². The summed E-state index contributed by atoms with van der Waals surface area (Å²) < 4.78 is 0.